The van der Waals surface area contributed by atoms with E-state index in [0.717, 1.165) is 44.2 Å². The molecule has 3 aromatic rings. The molecule has 0 bridgehead atoms. The Hall–Kier alpha value is -3.18. The van der Waals surface area contributed by atoms with Gasteiger partial charge in [-0.1, -0.05) is 0 Å². The highest BCUT2D eigenvalue weighted by atomic mass is 32.2. The Kier molecular flexibility index (Phi) is 7.03. The van der Waals surface area contributed by atoms with E-state index in [1.54, 1.807) is 48.8 Å². The van der Waals surface area contributed by atoms with Crippen LogP contribution in [0.1, 0.15) is 28.9 Å². The van der Waals surface area contributed by atoms with Crippen LogP contribution in [0.5, 0.6) is 5.75 Å². The molecule has 1 aliphatic rings. The maximum atomic E-state index is 12.7. The quantitative estimate of drug-likeness (QED) is 0.482. The van der Waals surface area contributed by atoms with E-state index in [1.807, 2.05) is 19.9 Å². The molecule has 0 atom stereocenters. The first kappa shape index (κ1) is 24.0. The van der Waals surface area contributed by atoms with Crippen molar-refractivity contribution < 1.29 is 14.3 Å². The van der Waals surface area contributed by atoms with E-state index >= 15 is 0 Å². The summed E-state index contributed by atoms with van der Waals surface area (Å²) in [6, 6.07) is 0. The van der Waals surface area contributed by atoms with E-state index in [0.29, 0.717) is 37.5 Å². The van der Waals surface area contributed by atoms with Crippen LogP contribution in [0.25, 0.3) is 17.1 Å². The average Bonchev–Trinajstić information content (AvgIpc) is 3.04. The number of hydrogen-bond acceptors (Lipinski definition) is 9. The van der Waals surface area contributed by atoms with Crippen LogP contribution in [0.2, 0.25) is 0 Å². The topological polar surface area (TPSA) is 121 Å². The van der Waals surface area contributed by atoms with Gasteiger partial charge in [-0.15, -0.1) is 11.8 Å². The van der Waals surface area contributed by atoms with E-state index in [1.165, 1.54) is 0 Å². The van der Waals surface area contributed by atoms with Crippen molar-refractivity contribution in [2.75, 3.05) is 45.9 Å². The Morgan fingerprint density at radius 2 is 2.09 bits per heavy atom. The zero-order valence-electron chi connectivity index (χ0n) is 20.1. The minimum atomic E-state index is 0.0303. The van der Waals surface area contributed by atoms with Crippen molar-refractivity contribution in [1.29, 1.82) is 0 Å². The number of hydrogen-bond donors (Lipinski definition) is 1. The molecule has 4 heterocycles. The number of aromatic nitrogens is 5. The van der Waals surface area contributed by atoms with Gasteiger partial charge in [-0.2, -0.15) is 10.1 Å². The predicted molar refractivity (Wildman–Crippen MR) is 132 cm³/mol. The van der Waals surface area contributed by atoms with Crippen LogP contribution in [-0.4, -0.2) is 75.7 Å². The average molecular weight is 484 g/mol. The number of ether oxygens (including phenoxy) is 2. The number of carbonyl (C=O) groups is 1. The van der Waals surface area contributed by atoms with Gasteiger partial charge in [-0.3, -0.25) is 9.78 Å². The third-order valence-corrected chi connectivity index (χ3v) is 6.91. The van der Waals surface area contributed by atoms with E-state index in [2.05, 4.69) is 15.0 Å². The van der Waals surface area contributed by atoms with Crippen LogP contribution < -0.4 is 10.5 Å². The molecule has 0 spiro atoms. The lowest BCUT2D eigenvalue weighted by molar-refractivity contribution is -0.129. The third-order valence-electron chi connectivity index (χ3n) is 5.82. The smallest absolute Gasteiger partial charge is 0.226 e. The number of pyridine rings is 1. The van der Waals surface area contributed by atoms with Crippen LogP contribution in [0.15, 0.2) is 16.8 Å². The van der Waals surface area contributed by atoms with E-state index in [4.69, 9.17) is 20.3 Å². The second kappa shape index (κ2) is 9.98. The first-order valence-electron chi connectivity index (χ1n) is 10.9. The highest BCUT2D eigenvalue weighted by Gasteiger charge is 2.23. The van der Waals surface area contributed by atoms with Gasteiger partial charge >= 0.3 is 0 Å². The zero-order chi connectivity index (χ0) is 24.4. The number of rotatable bonds is 8. The number of nitrogen functional groups attached to an aromatic ring is 1. The first-order chi connectivity index (χ1) is 16.3. The molecular formula is C23H29N7O3S. The lowest BCUT2D eigenvalue weighted by Crippen LogP contribution is -2.30. The molecule has 11 heteroatoms. The summed E-state index contributed by atoms with van der Waals surface area (Å²) in [7, 11) is 5.06. The summed E-state index contributed by atoms with van der Waals surface area (Å²) < 4.78 is 12.4. The van der Waals surface area contributed by atoms with Crippen LogP contribution in [-0.2, 0) is 16.1 Å². The second-order valence-electron chi connectivity index (χ2n) is 8.25. The number of amides is 1. The molecule has 2 N–H and O–H groups in total. The van der Waals surface area contributed by atoms with Crippen LogP contribution in [0.3, 0.4) is 0 Å². The molecule has 1 aliphatic heterocycles. The van der Waals surface area contributed by atoms with Gasteiger partial charge < -0.3 is 20.1 Å². The molecule has 0 radical (unpaired) electrons. The molecule has 0 saturated carbocycles. The Balaban J connectivity index is 1.70. The Bertz CT molecular complexity index is 1270. The number of thioether (sulfide) groups is 1. The molecular weight excluding hydrogens is 454 g/mol. The van der Waals surface area contributed by atoms with Crippen molar-refractivity contribution in [3.05, 3.63) is 34.3 Å². The molecule has 10 nitrogen and oxygen atoms in total. The highest BCUT2D eigenvalue weighted by Crippen LogP contribution is 2.35. The summed E-state index contributed by atoms with van der Waals surface area (Å²) >= 11 is 1.54. The summed E-state index contributed by atoms with van der Waals surface area (Å²) in [6.07, 6.45) is 4.07. The van der Waals surface area contributed by atoms with Crippen LogP contribution >= 0.6 is 11.8 Å². The third kappa shape index (κ3) is 4.71. The second-order valence-corrected chi connectivity index (χ2v) is 9.21. The van der Waals surface area contributed by atoms with Gasteiger partial charge in [0.05, 0.1) is 37.0 Å². The van der Waals surface area contributed by atoms with Gasteiger partial charge in [-0.05, 0) is 25.5 Å². The number of nitrogens with zero attached hydrogens (tertiary/aromatic N) is 6. The van der Waals surface area contributed by atoms with Crippen LogP contribution in [0.4, 0.5) is 5.95 Å². The molecule has 0 fully saturated rings. The molecule has 4 rings (SSSR count). The van der Waals surface area contributed by atoms with Gasteiger partial charge in [0.1, 0.15) is 10.8 Å². The van der Waals surface area contributed by atoms with Crippen molar-refractivity contribution >= 4 is 40.7 Å². The summed E-state index contributed by atoms with van der Waals surface area (Å²) in [5, 5.41) is 6.43. The monoisotopic (exact) mass is 483 g/mol. The van der Waals surface area contributed by atoms with Crippen molar-refractivity contribution in [2.45, 2.75) is 31.8 Å². The van der Waals surface area contributed by atoms with Crippen molar-refractivity contribution in [1.82, 2.24) is 29.6 Å². The summed E-state index contributed by atoms with van der Waals surface area (Å²) in [5.41, 5.74) is 11.1. The van der Waals surface area contributed by atoms with E-state index in [-0.39, 0.29) is 11.9 Å². The van der Waals surface area contributed by atoms with Gasteiger partial charge in [0.15, 0.2) is 5.65 Å². The van der Waals surface area contributed by atoms with Gasteiger partial charge in [-0.25, -0.2) is 9.67 Å². The van der Waals surface area contributed by atoms with Crippen molar-refractivity contribution in [3.63, 3.8) is 0 Å². The van der Waals surface area contributed by atoms with Crippen molar-refractivity contribution in [2.24, 2.45) is 0 Å². The molecule has 34 heavy (non-hydrogen) atoms. The van der Waals surface area contributed by atoms with Crippen molar-refractivity contribution in [3.8, 4) is 5.75 Å². The largest absolute Gasteiger partial charge is 0.496 e. The fourth-order valence-corrected chi connectivity index (χ4v) is 4.96. The number of carbonyl (C=O) groups excluding carboxylic acids is 1. The molecule has 3 aromatic heterocycles. The normalized spacial score (nSPS) is 13.0. The van der Waals surface area contributed by atoms with Gasteiger partial charge in [0, 0.05) is 50.2 Å². The fraction of sp³-hybridized carbons (Fsp3) is 0.435. The predicted octanol–water partition coefficient (Wildman–Crippen LogP) is 2.46. The number of anilines is 1. The maximum absolute atomic E-state index is 12.7. The highest BCUT2D eigenvalue weighted by molar-refractivity contribution is 7.99. The van der Waals surface area contributed by atoms with Crippen LogP contribution in [0, 0.1) is 13.8 Å². The lowest BCUT2D eigenvalue weighted by Gasteiger charge is -2.17. The zero-order valence-corrected chi connectivity index (χ0v) is 20.9. The minimum Gasteiger partial charge on any atom is -0.496 e. The number of nitrogens with two attached hydrogens (primary N) is 1. The summed E-state index contributed by atoms with van der Waals surface area (Å²) in [5.74, 6) is 1.66. The SMILES string of the molecule is COCCN(C)C(=O)CC1=Cc2nn(Cc3ncc(C)c(OC)c3C)c3nc(N)nc(c23)SC1. The van der Waals surface area contributed by atoms with E-state index < -0.39 is 0 Å². The lowest BCUT2D eigenvalue weighted by atomic mass is 10.1. The number of likely N-dealkylation sites (N-methyl/N-ethyl adjacent to an activating group) is 1. The van der Waals surface area contributed by atoms with Gasteiger partial charge in [0.25, 0.3) is 0 Å². The minimum absolute atomic E-state index is 0.0303. The molecule has 0 aliphatic carbocycles. The summed E-state index contributed by atoms with van der Waals surface area (Å²) in [6.45, 7) is 5.40. The fourth-order valence-electron chi connectivity index (χ4n) is 3.95. The summed E-state index contributed by atoms with van der Waals surface area (Å²) in [4.78, 5) is 27.9. The van der Waals surface area contributed by atoms with Gasteiger partial charge in [0.2, 0.25) is 11.9 Å². The Morgan fingerprint density at radius 3 is 2.82 bits per heavy atom. The standard InChI is InChI=1S/C23H29N7O3S/c1-13-10-25-17(14(2)20(13)33-5)11-30-21-19-16(28-30)8-15(9-18(31)29(3)6-7-32-4)12-34-22(19)27-23(24)26-21/h8,10H,6-7,9,11-12H2,1-5H3,(H2,24,26,27). The Morgan fingerprint density at radius 1 is 1.29 bits per heavy atom. The van der Waals surface area contributed by atoms with E-state index in [9.17, 15) is 4.79 Å². The molecule has 180 valence electrons. The maximum Gasteiger partial charge on any atom is 0.226 e. The molecule has 1 amide bonds. The first-order valence-corrected chi connectivity index (χ1v) is 11.9. The molecule has 0 aromatic carbocycles. The molecule has 0 unspecified atom stereocenters. The number of methoxy groups -OCH3 is 2. The number of aryl methyl sites for hydroxylation is 1. The Labute approximate surface area is 202 Å². The molecule has 0 saturated heterocycles.